The Balaban J connectivity index is 2.93. The normalized spacial score (nSPS) is 10.7. The van der Waals surface area contributed by atoms with Crippen molar-refractivity contribution in [3.05, 3.63) is 33.1 Å². The molecule has 2 aromatic rings. The van der Waals surface area contributed by atoms with Gasteiger partial charge in [0.25, 0.3) is 0 Å². The molecule has 0 aromatic carbocycles. The quantitative estimate of drug-likeness (QED) is 0.677. The zero-order chi connectivity index (χ0) is 7.84. The van der Waals surface area contributed by atoms with Crippen molar-refractivity contribution >= 4 is 39.7 Å². The van der Waals surface area contributed by atoms with Crippen LogP contribution in [0.4, 0.5) is 0 Å². The van der Waals surface area contributed by atoms with Crippen LogP contribution in [-0.4, -0.2) is 9.61 Å². The number of hydrogen-bond donors (Lipinski definition) is 0. The van der Waals surface area contributed by atoms with Crippen molar-refractivity contribution in [1.82, 2.24) is 9.61 Å². The minimum absolute atomic E-state index is 0.769. The van der Waals surface area contributed by atoms with Crippen molar-refractivity contribution < 1.29 is 0 Å². The Morgan fingerprint density at radius 1 is 1.45 bits per heavy atom. The summed E-state index contributed by atoms with van der Waals surface area (Å²) < 4.78 is 2.81. The number of halogens is 2. The van der Waals surface area contributed by atoms with Crippen LogP contribution in [0.1, 0.15) is 0 Å². The molecule has 0 aliphatic heterocycles. The van der Waals surface area contributed by atoms with Gasteiger partial charge in [0.2, 0.25) is 0 Å². The summed E-state index contributed by atoms with van der Waals surface area (Å²) in [5, 5.41) is 4.82. The number of hydrogen-bond acceptors (Lipinski definition) is 1. The highest BCUT2D eigenvalue weighted by Gasteiger charge is 2.01. The van der Waals surface area contributed by atoms with Gasteiger partial charge >= 0.3 is 0 Å². The summed E-state index contributed by atoms with van der Waals surface area (Å²) in [7, 11) is 0. The first-order valence-electron chi connectivity index (χ1n) is 3.06. The Morgan fingerprint density at radius 2 is 2.27 bits per heavy atom. The van der Waals surface area contributed by atoms with Crippen LogP contribution in [0.2, 0.25) is 5.02 Å². The Bertz CT molecular complexity index is 396. The third kappa shape index (κ3) is 1.12. The van der Waals surface area contributed by atoms with Crippen molar-refractivity contribution in [2.75, 3.05) is 0 Å². The van der Waals surface area contributed by atoms with Crippen LogP contribution in [-0.2, 0) is 0 Å². The molecule has 0 saturated heterocycles. The lowest BCUT2D eigenvalue weighted by atomic mass is 10.4. The molecular formula is C7H4ClIN2. The molecule has 0 fully saturated rings. The standard InChI is InChI=1S/C7H4ClIN2/c8-7-5(9)2-4-11-6(7)1-3-10-11/h1-4H. The van der Waals surface area contributed by atoms with Crippen LogP contribution < -0.4 is 0 Å². The molecule has 0 aliphatic carbocycles. The fourth-order valence-corrected chi connectivity index (χ4v) is 1.59. The van der Waals surface area contributed by atoms with Gasteiger partial charge in [-0.1, -0.05) is 11.6 Å². The summed E-state index contributed by atoms with van der Waals surface area (Å²) in [6.45, 7) is 0. The van der Waals surface area contributed by atoms with Gasteiger partial charge in [-0.05, 0) is 34.7 Å². The average Bonchev–Trinajstić information content (AvgIpc) is 2.45. The van der Waals surface area contributed by atoms with Crippen molar-refractivity contribution in [3.63, 3.8) is 0 Å². The fraction of sp³-hybridized carbons (Fsp3) is 0. The van der Waals surface area contributed by atoms with Gasteiger partial charge in [0, 0.05) is 9.77 Å². The van der Waals surface area contributed by atoms with Crippen LogP contribution >= 0.6 is 34.2 Å². The van der Waals surface area contributed by atoms with E-state index in [0.29, 0.717) is 0 Å². The molecule has 0 saturated carbocycles. The number of pyridine rings is 1. The van der Waals surface area contributed by atoms with Crippen molar-refractivity contribution in [1.29, 1.82) is 0 Å². The fourth-order valence-electron chi connectivity index (χ4n) is 0.938. The predicted molar refractivity (Wildman–Crippen MR) is 52.9 cm³/mol. The number of nitrogens with zero attached hydrogens (tertiary/aromatic N) is 2. The monoisotopic (exact) mass is 278 g/mol. The summed E-state index contributed by atoms with van der Waals surface area (Å²) >= 11 is 8.20. The van der Waals surface area contributed by atoms with Crippen LogP contribution in [0, 0.1) is 3.57 Å². The maximum Gasteiger partial charge on any atom is 0.0858 e. The van der Waals surface area contributed by atoms with E-state index in [0.717, 1.165) is 14.1 Å². The second kappa shape index (κ2) is 2.64. The maximum absolute atomic E-state index is 6.00. The molecular weight excluding hydrogens is 274 g/mol. The maximum atomic E-state index is 6.00. The molecule has 56 valence electrons. The highest BCUT2D eigenvalue weighted by Crippen LogP contribution is 2.22. The molecule has 0 atom stereocenters. The smallest absolute Gasteiger partial charge is 0.0858 e. The molecule has 4 heteroatoms. The van der Waals surface area contributed by atoms with E-state index in [1.54, 1.807) is 10.7 Å². The first kappa shape index (κ1) is 7.36. The van der Waals surface area contributed by atoms with Crippen LogP contribution in [0.5, 0.6) is 0 Å². The van der Waals surface area contributed by atoms with Gasteiger partial charge in [-0.3, -0.25) is 0 Å². The first-order chi connectivity index (χ1) is 5.29. The Labute approximate surface area is 82.3 Å². The lowest BCUT2D eigenvalue weighted by molar-refractivity contribution is 0.959. The molecule has 0 N–H and O–H groups in total. The molecule has 0 aliphatic rings. The third-order valence-electron chi connectivity index (χ3n) is 1.47. The largest absolute Gasteiger partial charge is 0.239 e. The van der Waals surface area contributed by atoms with E-state index in [1.807, 2.05) is 18.3 Å². The lowest BCUT2D eigenvalue weighted by Gasteiger charge is -1.97. The van der Waals surface area contributed by atoms with Gasteiger partial charge in [0.05, 0.1) is 16.7 Å². The molecule has 11 heavy (non-hydrogen) atoms. The van der Waals surface area contributed by atoms with E-state index in [4.69, 9.17) is 11.6 Å². The van der Waals surface area contributed by atoms with Crippen molar-refractivity contribution in [2.45, 2.75) is 0 Å². The lowest BCUT2D eigenvalue weighted by Crippen LogP contribution is -1.87. The minimum atomic E-state index is 0.769. The molecule has 2 nitrogen and oxygen atoms in total. The number of rotatable bonds is 0. The zero-order valence-corrected chi connectivity index (χ0v) is 8.37. The molecule has 0 unspecified atom stereocenters. The van der Waals surface area contributed by atoms with Gasteiger partial charge in [0.15, 0.2) is 0 Å². The van der Waals surface area contributed by atoms with Gasteiger partial charge in [0.1, 0.15) is 0 Å². The highest BCUT2D eigenvalue weighted by atomic mass is 127. The van der Waals surface area contributed by atoms with Crippen LogP contribution in [0.3, 0.4) is 0 Å². The van der Waals surface area contributed by atoms with Gasteiger partial charge in [-0.2, -0.15) is 5.10 Å². The minimum Gasteiger partial charge on any atom is -0.239 e. The zero-order valence-electron chi connectivity index (χ0n) is 5.46. The summed E-state index contributed by atoms with van der Waals surface area (Å²) in [5.74, 6) is 0. The molecule has 0 radical (unpaired) electrons. The van der Waals surface area contributed by atoms with E-state index >= 15 is 0 Å². The van der Waals surface area contributed by atoms with Crippen molar-refractivity contribution in [3.8, 4) is 0 Å². The second-order valence-electron chi connectivity index (χ2n) is 2.14. The van der Waals surface area contributed by atoms with Gasteiger partial charge < -0.3 is 0 Å². The van der Waals surface area contributed by atoms with E-state index in [1.165, 1.54) is 0 Å². The van der Waals surface area contributed by atoms with E-state index in [9.17, 15) is 0 Å². The third-order valence-corrected chi connectivity index (χ3v) is 3.08. The molecule has 2 aromatic heterocycles. The summed E-state index contributed by atoms with van der Waals surface area (Å²) in [6.07, 6.45) is 3.63. The van der Waals surface area contributed by atoms with Crippen LogP contribution in [0.15, 0.2) is 24.5 Å². The first-order valence-corrected chi connectivity index (χ1v) is 4.52. The van der Waals surface area contributed by atoms with E-state index < -0.39 is 0 Å². The Hall–Kier alpha value is -0.290. The Kier molecular flexibility index (Phi) is 1.77. The number of aromatic nitrogens is 2. The molecule has 0 amide bonds. The molecule has 2 rings (SSSR count). The summed E-state index contributed by atoms with van der Waals surface area (Å²) in [5.41, 5.74) is 0.957. The second-order valence-corrected chi connectivity index (χ2v) is 3.68. The molecule has 0 spiro atoms. The van der Waals surface area contributed by atoms with Crippen LogP contribution in [0.25, 0.3) is 5.52 Å². The van der Waals surface area contributed by atoms with Crippen molar-refractivity contribution in [2.24, 2.45) is 0 Å². The number of fused-ring (bicyclic) bond motifs is 1. The van der Waals surface area contributed by atoms with E-state index in [-0.39, 0.29) is 0 Å². The average molecular weight is 278 g/mol. The van der Waals surface area contributed by atoms with Gasteiger partial charge in [-0.25, -0.2) is 4.52 Å². The SMILES string of the molecule is Clc1c(I)ccn2nccc12. The summed E-state index contributed by atoms with van der Waals surface area (Å²) in [6, 6.07) is 3.83. The van der Waals surface area contributed by atoms with Gasteiger partial charge in [-0.15, -0.1) is 0 Å². The Morgan fingerprint density at radius 3 is 3.09 bits per heavy atom. The summed E-state index contributed by atoms with van der Waals surface area (Å²) in [4.78, 5) is 0. The molecule has 0 bridgehead atoms. The molecule has 2 heterocycles. The predicted octanol–water partition coefficient (Wildman–Crippen LogP) is 2.59. The highest BCUT2D eigenvalue weighted by molar-refractivity contribution is 14.1. The topological polar surface area (TPSA) is 17.3 Å². The van der Waals surface area contributed by atoms with E-state index in [2.05, 4.69) is 27.7 Å².